The number of allylic oxidation sites excluding steroid dienone is 1. The van der Waals surface area contributed by atoms with E-state index < -0.39 is 8.32 Å². The van der Waals surface area contributed by atoms with E-state index in [1.807, 2.05) is 0 Å². The lowest BCUT2D eigenvalue weighted by Crippen LogP contribution is -2.42. The predicted octanol–water partition coefficient (Wildman–Crippen LogP) is 5.75. The van der Waals surface area contributed by atoms with Crippen LogP contribution in [0.15, 0.2) is 12.2 Å². The van der Waals surface area contributed by atoms with E-state index in [1.54, 1.807) is 0 Å². The van der Waals surface area contributed by atoms with E-state index in [2.05, 4.69) is 32.9 Å². The molecule has 1 saturated carbocycles. The molecule has 1 unspecified atom stereocenters. The van der Waals surface area contributed by atoms with Crippen LogP contribution in [0.5, 0.6) is 0 Å². The third kappa shape index (κ3) is 5.24. The molecular formula is C16H31ClOSi. The molecule has 1 aliphatic rings. The predicted molar refractivity (Wildman–Crippen MR) is 88.5 cm³/mol. The molecule has 0 N–H and O–H groups in total. The van der Waals surface area contributed by atoms with Crippen LogP contribution in [0, 0.1) is 5.92 Å². The SMILES string of the molecule is CC[Si](CC)(CC)OC(/C=C/CCl)C1CCCCC1. The highest BCUT2D eigenvalue weighted by molar-refractivity contribution is 6.73. The van der Waals surface area contributed by atoms with E-state index in [-0.39, 0.29) is 0 Å². The maximum absolute atomic E-state index is 6.72. The average molecular weight is 303 g/mol. The van der Waals surface area contributed by atoms with Crippen molar-refractivity contribution in [1.29, 1.82) is 0 Å². The topological polar surface area (TPSA) is 9.23 Å². The second-order valence-electron chi connectivity index (χ2n) is 5.81. The zero-order valence-corrected chi connectivity index (χ0v) is 14.7. The fourth-order valence-corrected chi connectivity index (χ4v) is 6.18. The van der Waals surface area contributed by atoms with Gasteiger partial charge in [-0.15, -0.1) is 11.6 Å². The van der Waals surface area contributed by atoms with Crippen molar-refractivity contribution in [1.82, 2.24) is 0 Å². The van der Waals surface area contributed by atoms with Crippen LogP contribution in [0.3, 0.4) is 0 Å². The Morgan fingerprint density at radius 3 is 2.16 bits per heavy atom. The average Bonchev–Trinajstić information content (AvgIpc) is 2.49. The van der Waals surface area contributed by atoms with E-state index in [4.69, 9.17) is 16.0 Å². The molecule has 0 spiro atoms. The van der Waals surface area contributed by atoms with Crippen molar-refractivity contribution < 1.29 is 4.43 Å². The molecule has 1 fully saturated rings. The lowest BCUT2D eigenvalue weighted by molar-refractivity contribution is 0.135. The second-order valence-corrected chi connectivity index (χ2v) is 10.8. The molecule has 0 radical (unpaired) electrons. The lowest BCUT2D eigenvalue weighted by atomic mass is 9.85. The third-order valence-corrected chi connectivity index (χ3v) is 9.66. The zero-order valence-electron chi connectivity index (χ0n) is 13.0. The van der Waals surface area contributed by atoms with Gasteiger partial charge in [0.1, 0.15) is 0 Å². The van der Waals surface area contributed by atoms with Gasteiger partial charge in [-0.25, -0.2) is 0 Å². The van der Waals surface area contributed by atoms with Gasteiger partial charge in [0, 0.05) is 5.88 Å². The quantitative estimate of drug-likeness (QED) is 0.315. The summed E-state index contributed by atoms with van der Waals surface area (Å²) in [6.07, 6.45) is 11.5. The molecule has 0 aromatic carbocycles. The molecule has 1 nitrogen and oxygen atoms in total. The Balaban J connectivity index is 2.74. The van der Waals surface area contributed by atoms with Crippen LogP contribution in [0.25, 0.3) is 0 Å². The fourth-order valence-electron chi connectivity index (χ4n) is 3.23. The minimum Gasteiger partial charge on any atom is -0.410 e. The van der Waals surface area contributed by atoms with Crippen LogP contribution in [0.1, 0.15) is 52.9 Å². The number of hydrogen-bond acceptors (Lipinski definition) is 1. The van der Waals surface area contributed by atoms with E-state index in [9.17, 15) is 0 Å². The number of halogens is 1. The van der Waals surface area contributed by atoms with Crippen LogP contribution in [0.2, 0.25) is 18.1 Å². The molecule has 1 aliphatic carbocycles. The smallest absolute Gasteiger partial charge is 0.192 e. The molecule has 0 bridgehead atoms. The summed E-state index contributed by atoms with van der Waals surface area (Å²) < 4.78 is 6.72. The number of hydrogen-bond donors (Lipinski definition) is 0. The van der Waals surface area contributed by atoms with Crippen molar-refractivity contribution in [3.05, 3.63) is 12.2 Å². The Bertz CT molecular complexity index is 249. The van der Waals surface area contributed by atoms with Crippen LogP contribution in [-0.2, 0) is 4.43 Å². The summed E-state index contributed by atoms with van der Waals surface area (Å²) in [4.78, 5) is 0. The normalized spacial score (nSPS) is 20.0. The molecule has 0 amide bonds. The van der Waals surface area contributed by atoms with E-state index in [0.29, 0.717) is 12.0 Å². The van der Waals surface area contributed by atoms with Crippen molar-refractivity contribution in [2.45, 2.75) is 77.1 Å². The van der Waals surface area contributed by atoms with Crippen molar-refractivity contribution in [2.75, 3.05) is 5.88 Å². The summed E-state index contributed by atoms with van der Waals surface area (Å²) >= 11 is 5.83. The Morgan fingerprint density at radius 2 is 1.68 bits per heavy atom. The fraction of sp³-hybridized carbons (Fsp3) is 0.875. The molecule has 0 aromatic heterocycles. The van der Waals surface area contributed by atoms with Crippen LogP contribution in [0.4, 0.5) is 0 Å². The Hall–Kier alpha value is 0.207. The first-order valence-corrected chi connectivity index (χ1v) is 11.2. The van der Waals surface area contributed by atoms with Gasteiger partial charge in [0.15, 0.2) is 8.32 Å². The first-order valence-electron chi connectivity index (χ1n) is 8.11. The van der Waals surface area contributed by atoms with Crippen LogP contribution < -0.4 is 0 Å². The molecule has 3 heteroatoms. The third-order valence-electron chi connectivity index (χ3n) is 4.85. The standard InChI is InChI=1S/C16H31ClOSi/c1-4-19(5-2,6-3)18-16(13-10-14-17)15-11-8-7-9-12-15/h10,13,15-16H,4-9,11-12,14H2,1-3H3/b13-10+. The maximum atomic E-state index is 6.72. The van der Waals surface area contributed by atoms with E-state index in [0.717, 1.165) is 5.92 Å². The lowest BCUT2D eigenvalue weighted by Gasteiger charge is -2.37. The molecule has 1 rings (SSSR count). The number of rotatable bonds is 8. The van der Waals surface area contributed by atoms with E-state index >= 15 is 0 Å². The van der Waals surface area contributed by atoms with Gasteiger partial charge in [-0.05, 0) is 36.9 Å². The van der Waals surface area contributed by atoms with Gasteiger partial charge < -0.3 is 4.43 Å². The summed E-state index contributed by atoms with van der Waals surface area (Å²) in [5.74, 6) is 1.33. The molecular weight excluding hydrogens is 272 g/mol. The largest absolute Gasteiger partial charge is 0.410 e. The van der Waals surface area contributed by atoms with Gasteiger partial charge >= 0.3 is 0 Å². The molecule has 0 aliphatic heterocycles. The highest BCUT2D eigenvalue weighted by atomic mass is 35.5. The minimum atomic E-state index is -1.51. The Morgan fingerprint density at radius 1 is 1.11 bits per heavy atom. The Labute approximate surface area is 125 Å². The first kappa shape index (κ1) is 17.3. The molecule has 0 heterocycles. The molecule has 112 valence electrons. The van der Waals surface area contributed by atoms with Gasteiger partial charge in [0.2, 0.25) is 0 Å². The van der Waals surface area contributed by atoms with Gasteiger partial charge in [-0.1, -0.05) is 52.2 Å². The zero-order chi connectivity index (χ0) is 14.1. The van der Waals surface area contributed by atoms with Gasteiger partial charge in [-0.3, -0.25) is 0 Å². The molecule has 0 saturated heterocycles. The Kier molecular flexibility index (Phi) is 8.36. The number of alkyl halides is 1. The molecule has 0 aromatic rings. The van der Waals surface area contributed by atoms with Gasteiger partial charge in [0.05, 0.1) is 6.10 Å². The minimum absolute atomic E-state index is 0.325. The summed E-state index contributed by atoms with van der Waals surface area (Å²) in [5.41, 5.74) is 0. The van der Waals surface area contributed by atoms with Crippen molar-refractivity contribution >= 4 is 19.9 Å². The summed E-state index contributed by atoms with van der Waals surface area (Å²) in [5, 5.41) is 0. The van der Waals surface area contributed by atoms with Crippen LogP contribution in [-0.4, -0.2) is 20.3 Å². The first-order chi connectivity index (χ1) is 9.21. The second kappa shape index (κ2) is 9.20. The highest BCUT2D eigenvalue weighted by Gasteiger charge is 2.34. The van der Waals surface area contributed by atoms with Crippen molar-refractivity contribution in [3.63, 3.8) is 0 Å². The van der Waals surface area contributed by atoms with Gasteiger partial charge in [0.25, 0.3) is 0 Å². The molecule has 19 heavy (non-hydrogen) atoms. The monoisotopic (exact) mass is 302 g/mol. The summed E-state index contributed by atoms with van der Waals surface area (Å²) in [6, 6.07) is 3.70. The highest BCUT2D eigenvalue weighted by Crippen LogP contribution is 2.33. The maximum Gasteiger partial charge on any atom is 0.192 e. The van der Waals surface area contributed by atoms with Crippen molar-refractivity contribution in [3.8, 4) is 0 Å². The van der Waals surface area contributed by atoms with Gasteiger partial charge in [-0.2, -0.15) is 0 Å². The van der Waals surface area contributed by atoms with E-state index in [1.165, 1.54) is 50.2 Å². The van der Waals surface area contributed by atoms with Crippen LogP contribution >= 0.6 is 11.6 Å². The summed E-state index contributed by atoms with van der Waals surface area (Å²) in [6.45, 7) is 6.92. The molecule has 1 atom stereocenters. The summed E-state index contributed by atoms with van der Waals surface area (Å²) in [7, 11) is -1.51. The van der Waals surface area contributed by atoms with Crippen molar-refractivity contribution in [2.24, 2.45) is 5.92 Å².